The maximum atomic E-state index is 4.95. The van der Waals surface area contributed by atoms with Crippen molar-refractivity contribution in [3.8, 4) is 0 Å². The molecule has 0 saturated carbocycles. The first-order valence-corrected chi connectivity index (χ1v) is 5.53. The van der Waals surface area contributed by atoms with Crippen molar-refractivity contribution in [2.75, 3.05) is 32.6 Å². The second kappa shape index (κ2) is 4.86. The molecule has 0 aromatic rings. The molecule has 0 bridgehead atoms. The van der Waals surface area contributed by atoms with Gasteiger partial charge in [0.1, 0.15) is 0 Å². The molecular weight excluding hydrogens is 184 g/mol. The molecule has 76 valence electrons. The van der Waals surface area contributed by atoms with Gasteiger partial charge in [0.05, 0.1) is 6.61 Å². The van der Waals surface area contributed by atoms with Gasteiger partial charge in [0.25, 0.3) is 0 Å². The van der Waals surface area contributed by atoms with Crippen molar-refractivity contribution in [3.63, 3.8) is 0 Å². The van der Waals surface area contributed by atoms with E-state index in [2.05, 4.69) is 24.2 Å². The molecule has 0 atom stereocenters. The Labute approximate surface area is 84.3 Å². The van der Waals surface area contributed by atoms with Crippen molar-refractivity contribution in [2.45, 2.75) is 13.8 Å². The summed E-state index contributed by atoms with van der Waals surface area (Å²) in [4.78, 5) is 4.47. The predicted octanol–water partition coefficient (Wildman–Crippen LogP) is 1.35. The number of thioether (sulfide) groups is 1. The third kappa shape index (κ3) is 4.00. The van der Waals surface area contributed by atoms with E-state index in [9.17, 15) is 0 Å². The topological polar surface area (TPSA) is 33.6 Å². The lowest BCUT2D eigenvalue weighted by Crippen LogP contribution is -2.32. The van der Waals surface area contributed by atoms with Crippen LogP contribution >= 0.6 is 11.8 Å². The van der Waals surface area contributed by atoms with Gasteiger partial charge < -0.3 is 10.1 Å². The summed E-state index contributed by atoms with van der Waals surface area (Å²) in [7, 11) is 1.71. The molecule has 1 heterocycles. The molecule has 0 aliphatic carbocycles. The van der Waals surface area contributed by atoms with Crippen molar-refractivity contribution in [2.24, 2.45) is 10.4 Å². The van der Waals surface area contributed by atoms with Crippen LogP contribution in [0.3, 0.4) is 0 Å². The molecule has 1 rings (SSSR count). The van der Waals surface area contributed by atoms with E-state index in [-0.39, 0.29) is 0 Å². The number of ether oxygens (including phenoxy) is 1. The van der Waals surface area contributed by atoms with E-state index in [4.69, 9.17) is 4.74 Å². The number of nitrogens with one attached hydrogen (secondary N) is 1. The Morgan fingerprint density at radius 2 is 2.38 bits per heavy atom. The quantitative estimate of drug-likeness (QED) is 0.701. The smallest absolute Gasteiger partial charge is 0.156 e. The number of hydrogen-bond donors (Lipinski definition) is 1. The molecule has 1 aliphatic heterocycles. The zero-order valence-corrected chi connectivity index (χ0v) is 9.41. The SMILES string of the molecule is COCCNC1=NCC(C)(C)CS1. The van der Waals surface area contributed by atoms with E-state index in [1.165, 1.54) is 0 Å². The molecule has 0 radical (unpaired) electrons. The first-order chi connectivity index (χ1) is 6.14. The number of rotatable bonds is 3. The van der Waals surface area contributed by atoms with Gasteiger partial charge in [-0.25, -0.2) is 0 Å². The Morgan fingerprint density at radius 1 is 1.62 bits per heavy atom. The second-order valence-corrected chi connectivity index (χ2v) is 4.96. The summed E-state index contributed by atoms with van der Waals surface area (Å²) in [5, 5.41) is 4.31. The monoisotopic (exact) mass is 202 g/mol. The van der Waals surface area contributed by atoms with Crippen molar-refractivity contribution >= 4 is 16.9 Å². The normalized spacial score (nSPS) is 21.0. The lowest BCUT2D eigenvalue weighted by molar-refractivity contribution is 0.204. The van der Waals surface area contributed by atoms with Gasteiger partial charge in [0.15, 0.2) is 5.17 Å². The van der Waals surface area contributed by atoms with Crippen LogP contribution in [-0.2, 0) is 4.74 Å². The van der Waals surface area contributed by atoms with Gasteiger partial charge in [0, 0.05) is 26.0 Å². The highest BCUT2D eigenvalue weighted by molar-refractivity contribution is 8.13. The fourth-order valence-corrected chi connectivity index (χ4v) is 1.99. The molecule has 4 heteroatoms. The molecule has 0 unspecified atom stereocenters. The van der Waals surface area contributed by atoms with E-state index in [1.54, 1.807) is 18.9 Å². The third-order valence-electron chi connectivity index (χ3n) is 1.83. The van der Waals surface area contributed by atoms with E-state index in [0.717, 1.165) is 30.6 Å². The highest BCUT2D eigenvalue weighted by atomic mass is 32.2. The van der Waals surface area contributed by atoms with Crippen LogP contribution in [0.15, 0.2) is 4.99 Å². The van der Waals surface area contributed by atoms with Crippen LogP contribution in [0.5, 0.6) is 0 Å². The van der Waals surface area contributed by atoms with Crippen LogP contribution in [-0.4, -0.2) is 37.7 Å². The first-order valence-electron chi connectivity index (χ1n) is 4.54. The van der Waals surface area contributed by atoms with Gasteiger partial charge in [-0.2, -0.15) is 0 Å². The van der Waals surface area contributed by atoms with Crippen molar-refractivity contribution in [1.29, 1.82) is 0 Å². The van der Waals surface area contributed by atoms with Gasteiger partial charge in [0.2, 0.25) is 0 Å². The summed E-state index contributed by atoms with van der Waals surface area (Å²) in [5.74, 6) is 1.14. The van der Waals surface area contributed by atoms with Crippen molar-refractivity contribution in [1.82, 2.24) is 5.32 Å². The van der Waals surface area contributed by atoms with Crippen LogP contribution in [0.25, 0.3) is 0 Å². The molecule has 0 fully saturated rings. The maximum Gasteiger partial charge on any atom is 0.156 e. The standard InChI is InChI=1S/C9H18N2OS/c1-9(2)6-11-8(13-7-9)10-4-5-12-3/h4-7H2,1-3H3,(H,10,11). The lowest BCUT2D eigenvalue weighted by atomic mass is 9.97. The maximum absolute atomic E-state index is 4.95. The first kappa shape index (κ1) is 10.9. The lowest BCUT2D eigenvalue weighted by Gasteiger charge is -2.27. The fraction of sp³-hybridized carbons (Fsp3) is 0.889. The van der Waals surface area contributed by atoms with Gasteiger partial charge in [-0.3, -0.25) is 4.99 Å². The van der Waals surface area contributed by atoms with Crippen LogP contribution in [0.2, 0.25) is 0 Å². The summed E-state index contributed by atoms with van der Waals surface area (Å²) in [5.41, 5.74) is 0.358. The Balaban J connectivity index is 2.25. The molecule has 0 saturated heterocycles. The zero-order chi connectivity index (χ0) is 9.73. The number of methoxy groups -OCH3 is 1. The fourth-order valence-electron chi connectivity index (χ4n) is 1.01. The number of nitrogens with zero attached hydrogens (tertiary/aromatic N) is 1. The molecule has 3 nitrogen and oxygen atoms in total. The van der Waals surface area contributed by atoms with Crippen LogP contribution < -0.4 is 5.32 Å². The minimum Gasteiger partial charge on any atom is -0.383 e. The summed E-state index contributed by atoms with van der Waals surface area (Å²) in [6, 6.07) is 0. The zero-order valence-electron chi connectivity index (χ0n) is 8.59. The third-order valence-corrected chi connectivity index (χ3v) is 3.31. The summed E-state index contributed by atoms with van der Waals surface area (Å²) in [6.45, 7) is 7.01. The highest BCUT2D eigenvalue weighted by Gasteiger charge is 2.22. The Kier molecular flexibility index (Phi) is 4.06. The van der Waals surface area contributed by atoms with Crippen molar-refractivity contribution < 1.29 is 4.74 Å². The van der Waals surface area contributed by atoms with Crippen LogP contribution in [0, 0.1) is 5.41 Å². The van der Waals surface area contributed by atoms with Gasteiger partial charge >= 0.3 is 0 Å². The van der Waals surface area contributed by atoms with Gasteiger partial charge in [-0.05, 0) is 5.41 Å². The summed E-state index contributed by atoms with van der Waals surface area (Å²) >= 11 is 1.80. The Hall–Kier alpha value is -0.220. The molecule has 0 aromatic carbocycles. The molecule has 0 spiro atoms. The van der Waals surface area contributed by atoms with E-state index < -0.39 is 0 Å². The molecule has 13 heavy (non-hydrogen) atoms. The van der Waals surface area contributed by atoms with Crippen LogP contribution in [0.4, 0.5) is 0 Å². The average molecular weight is 202 g/mol. The van der Waals surface area contributed by atoms with E-state index in [1.807, 2.05) is 0 Å². The molecule has 0 amide bonds. The minimum atomic E-state index is 0.358. The molecular formula is C9H18N2OS. The number of aliphatic imine (C=N–C) groups is 1. The van der Waals surface area contributed by atoms with Gasteiger partial charge in [-0.15, -0.1) is 0 Å². The number of hydrogen-bond acceptors (Lipinski definition) is 4. The Bertz CT molecular complexity index is 192. The predicted molar refractivity (Wildman–Crippen MR) is 58.4 cm³/mol. The highest BCUT2D eigenvalue weighted by Crippen LogP contribution is 2.26. The molecule has 0 aromatic heterocycles. The second-order valence-electron chi connectivity index (χ2n) is 3.99. The summed E-state index contributed by atoms with van der Waals surface area (Å²) < 4.78 is 4.95. The molecule has 1 N–H and O–H groups in total. The van der Waals surface area contributed by atoms with Crippen LogP contribution in [0.1, 0.15) is 13.8 Å². The largest absolute Gasteiger partial charge is 0.383 e. The summed E-state index contributed by atoms with van der Waals surface area (Å²) in [6.07, 6.45) is 0. The van der Waals surface area contributed by atoms with E-state index >= 15 is 0 Å². The average Bonchev–Trinajstić information content (AvgIpc) is 2.08. The van der Waals surface area contributed by atoms with E-state index in [0.29, 0.717) is 5.41 Å². The Morgan fingerprint density at radius 3 is 2.92 bits per heavy atom. The molecule has 1 aliphatic rings. The minimum absolute atomic E-state index is 0.358. The van der Waals surface area contributed by atoms with Crippen molar-refractivity contribution in [3.05, 3.63) is 0 Å². The van der Waals surface area contributed by atoms with Gasteiger partial charge in [-0.1, -0.05) is 25.6 Å². The number of amidine groups is 1.